The second kappa shape index (κ2) is 3.67. The van der Waals surface area contributed by atoms with Crippen LogP contribution < -0.4 is 11.1 Å². The molecule has 1 saturated carbocycles. The molecule has 2 fully saturated rings. The molecular formula is C11H20N4. The van der Waals surface area contributed by atoms with Gasteiger partial charge in [0, 0.05) is 31.7 Å². The Hall–Kier alpha value is -0.770. The summed E-state index contributed by atoms with van der Waals surface area (Å²) in [5.74, 6) is 1.85. The van der Waals surface area contributed by atoms with E-state index in [1.54, 1.807) is 0 Å². The van der Waals surface area contributed by atoms with E-state index < -0.39 is 0 Å². The fraction of sp³-hybridized carbons (Fsp3) is 0.909. The molecule has 1 aliphatic carbocycles. The summed E-state index contributed by atoms with van der Waals surface area (Å²) >= 11 is 0. The number of guanidine groups is 1. The smallest absolute Gasteiger partial charge is 0.194 e. The minimum atomic E-state index is 0.441. The fourth-order valence-electron chi connectivity index (χ4n) is 3.07. The zero-order chi connectivity index (χ0) is 10.3. The van der Waals surface area contributed by atoms with Gasteiger partial charge in [-0.15, -0.1) is 0 Å². The van der Waals surface area contributed by atoms with Gasteiger partial charge in [0.1, 0.15) is 0 Å². The van der Waals surface area contributed by atoms with E-state index in [1.807, 2.05) is 0 Å². The van der Waals surface area contributed by atoms with Crippen LogP contribution in [-0.2, 0) is 0 Å². The van der Waals surface area contributed by atoms with Gasteiger partial charge in [-0.3, -0.25) is 4.99 Å². The van der Waals surface area contributed by atoms with E-state index in [1.165, 1.54) is 32.2 Å². The first kappa shape index (κ1) is 9.46. The van der Waals surface area contributed by atoms with Crippen molar-refractivity contribution in [3.05, 3.63) is 0 Å². The average Bonchev–Trinajstić information content (AvgIpc) is 2.28. The number of fused-ring (bicyclic) bond motifs is 1. The van der Waals surface area contributed by atoms with Gasteiger partial charge in [-0.05, 0) is 31.6 Å². The minimum absolute atomic E-state index is 0.441. The Labute approximate surface area is 90.9 Å². The van der Waals surface area contributed by atoms with Gasteiger partial charge in [-0.2, -0.15) is 0 Å². The van der Waals surface area contributed by atoms with E-state index in [9.17, 15) is 0 Å². The van der Waals surface area contributed by atoms with E-state index in [0.717, 1.165) is 25.0 Å². The van der Waals surface area contributed by atoms with Gasteiger partial charge in [-0.1, -0.05) is 0 Å². The Kier molecular flexibility index (Phi) is 2.31. The number of nitrogens with two attached hydrogens (primary N) is 1. The second-order valence-corrected chi connectivity index (χ2v) is 4.94. The standard InChI is InChI=1S/C11H20N4/c12-9-3-2-8(9)10-4-6-14-11-13-5-1-7-15(10)11/h8-10H,1-7,12H2,(H,13,14). The molecule has 15 heavy (non-hydrogen) atoms. The predicted molar refractivity (Wildman–Crippen MR) is 60.7 cm³/mol. The highest BCUT2D eigenvalue weighted by Gasteiger charge is 2.40. The average molecular weight is 208 g/mol. The summed E-state index contributed by atoms with van der Waals surface area (Å²) in [6.45, 7) is 3.23. The number of nitrogens with one attached hydrogen (secondary N) is 1. The van der Waals surface area contributed by atoms with Crippen LogP contribution in [0.3, 0.4) is 0 Å². The molecule has 3 atom stereocenters. The maximum atomic E-state index is 6.09. The summed E-state index contributed by atoms with van der Waals surface area (Å²) in [6.07, 6.45) is 4.96. The third kappa shape index (κ3) is 1.51. The number of aliphatic imine (C=N–C) groups is 1. The van der Waals surface area contributed by atoms with Gasteiger partial charge >= 0.3 is 0 Å². The number of rotatable bonds is 1. The summed E-state index contributed by atoms with van der Waals surface area (Å²) in [7, 11) is 0. The highest BCUT2D eigenvalue weighted by Crippen LogP contribution is 2.34. The van der Waals surface area contributed by atoms with Crippen LogP contribution in [0.25, 0.3) is 0 Å². The predicted octanol–water partition coefficient (Wildman–Crippen LogP) is 0.147. The van der Waals surface area contributed by atoms with Crippen molar-refractivity contribution < 1.29 is 0 Å². The van der Waals surface area contributed by atoms with Crippen LogP contribution >= 0.6 is 0 Å². The highest BCUT2D eigenvalue weighted by molar-refractivity contribution is 5.81. The molecule has 0 aromatic carbocycles. The molecule has 84 valence electrons. The molecule has 0 amide bonds. The lowest BCUT2D eigenvalue weighted by atomic mass is 9.73. The van der Waals surface area contributed by atoms with Gasteiger partial charge in [0.2, 0.25) is 0 Å². The van der Waals surface area contributed by atoms with Crippen LogP contribution in [-0.4, -0.2) is 42.6 Å². The van der Waals surface area contributed by atoms with Gasteiger partial charge in [0.05, 0.1) is 0 Å². The van der Waals surface area contributed by atoms with Gasteiger partial charge in [0.15, 0.2) is 5.96 Å². The van der Waals surface area contributed by atoms with Crippen LogP contribution in [0.1, 0.15) is 25.7 Å². The van der Waals surface area contributed by atoms with E-state index in [2.05, 4.69) is 15.2 Å². The molecule has 0 spiro atoms. The molecule has 3 rings (SSSR count). The van der Waals surface area contributed by atoms with E-state index in [0.29, 0.717) is 12.1 Å². The molecule has 1 saturated heterocycles. The maximum Gasteiger partial charge on any atom is 0.194 e. The third-order valence-electron chi connectivity index (χ3n) is 4.09. The monoisotopic (exact) mass is 208 g/mol. The zero-order valence-corrected chi connectivity index (χ0v) is 9.15. The first-order valence-electron chi connectivity index (χ1n) is 6.17. The molecule has 3 N–H and O–H groups in total. The Bertz CT molecular complexity index is 276. The van der Waals surface area contributed by atoms with Crippen LogP contribution in [0.5, 0.6) is 0 Å². The fourth-order valence-corrected chi connectivity index (χ4v) is 3.07. The molecule has 4 heteroatoms. The van der Waals surface area contributed by atoms with Crippen molar-refractivity contribution in [1.29, 1.82) is 0 Å². The highest BCUT2D eigenvalue weighted by atomic mass is 15.3. The van der Waals surface area contributed by atoms with Crippen molar-refractivity contribution in [3.8, 4) is 0 Å². The molecule has 0 aromatic rings. The Balaban J connectivity index is 1.76. The molecule has 3 unspecified atom stereocenters. The molecule has 2 aliphatic heterocycles. The number of nitrogens with zero attached hydrogens (tertiary/aromatic N) is 2. The normalized spacial score (nSPS) is 39.9. The molecule has 0 bridgehead atoms. The lowest BCUT2D eigenvalue weighted by Crippen LogP contribution is -2.61. The Morgan fingerprint density at radius 1 is 1.33 bits per heavy atom. The Morgan fingerprint density at radius 2 is 2.27 bits per heavy atom. The van der Waals surface area contributed by atoms with Crippen molar-refractivity contribution >= 4 is 5.96 Å². The molecular weight excluding hydrogens is 188 g/mol. The van der Waals surface area contributed by atoms with Gasteiger partial charge in [-0.25, -0.2) is 0 Å². The quantitative estimate of drug-likeness (QED) is 0.645. The second-order valence-electron chi connectivity index (χ2n) is 4.94. The van der Waals surface area contributed by atoms with E-state index in [-0.39, 0.29) is 0 Å². The summed E-state index contributed by atoms with van der Waals surface area (Å²) in [4.78, 5) is 7.03. The molecule has 2 heterocycles. The summed E-state index contributed by atoms with van der Waals surface area (Å²) in [5.41, 5.74) is 6.09. The van der Waals surface area contributed by atoms with Crippen molar-refractivity contribution in [2.45, 2.75) is 37.8 Å². The lowest BCUT2D eigenvalue weighted by molar-refractivity contribution is 0.103. The zero-order valence-electron chi connectivity index (χ0n) is 9.15. The van der Waals surface area contributed by atoms with Crippen LogP contribution in [0, 0.1) is 5.92 Å². The SMILES string of the molecule is NC1CCC1C1CCNC2=NCCCN21. The van der Waals surface area contributed by atoms with Crippen molar-refractivity contribution in [2.75, 3.05) is 19.6 Å². The first-order chi connectivity index (χ1) is 7.36. The summed E-state index contributed by atoms with van der Waals surface area (Å²) in [6, 6.07) is 1.10. The maximum absolute atomic E-state index is 6.09. The van der Waals surface area contributed by atoms with Crippen LogP contribution in [0.15, 0.2) is 4.99 Å². The van der Waals surface area contributed by atoms with E-state index >= 15 is 0 Å². The van der Waals surface area contributed by atoms with Crippen LogP contribution in [0.4, 0.5) is 0 Å². The number of hydrogen-bond acceptors (Lipinski definition) is 4. The van der Waals surface area contributed by atoms with Crippen molar-refractivity contribution in [3.63, 3.8) is 0 Å². The van der Waals surface area contributed by atoms with Gasteiger partial charge < -0.3 is 16.0 Å². The largest absolute Gasteiger partial charge is 0.356 e. The number of hydrogen-bond donors (Lipinski definition) is 2. The topological polar surface area (TPSA) is 53.6 Å². The molecule has 0 radical (unpaired) electrons. The van der Waals surface area contributed by atoms with Crippen molar-refractivity contribution in [2.24, 2.45) is 16.6 Å². The summed E-state index contributed by atoms with van der Waals surface area (Å²) < 4.78 is 0. The van der Waals surface area contributed by atoms with Crippen LogP contribution in [0.2, 0.25) is 0 Å². The minimum Gasteiger partial charge on any atom is -0.356 e. The first-order valence-corrected chi connectivity index (χ1v) is 6.17. The lowest BCUT2D eigenvalue weighted by Gasteiger charge is -2.49. The molecule has 4 nitrogen and oxygen atoms in total. The molecule has 0 aromatic heterocycles. The van der Waals surface area contributed by atoms with Crippen molar-refractivity contribution in [1.82, 2.24) is 10.2 Å². The Morgan fingerprint density at radius 3 is 3.00 bits per heavy atom. The van der Waals surface area contributed by atoms with E-state index in [4.69, 9.17) is 5.73 Å². The summed E-state index contributed by atoms with van der Waals surface area (Å²) in [5, 5.41) is 3.40. The third-order valence-corrected chi connectivity index (χ3v) is 4.09. The van der Waals surface area contributed by atoms with Gasteiger partial charge in [0.25, 0.3) is 0 Å². The molecule has 3 aliphatic rings.